The average molecular weight is 380 g/mol. The molecule has 4 rings (SSSR count). The number of anilines is 2. The molecule has 1 N–H and O–H groups in total. The molecule has 2 aromatic carbocycles. The molecule has 2 aromatic rings. The largest absolute Gasteiger partial charge is 0.497 e. The summed E-state index contributed by atoms with van der Waals surface area (Å²) in [7, 11) is 3.13. The molecule has 1 saturated heterocycles. The van der Waals surface area contributed by atoms with E-state index in [0.29, 0.717) is 23.7 Å². The molecule has 0 saturated carbocycles. The van der Waals surface area contributed by atoms with Crippen LogP contribution in [0.2, 0.25) is 0 Å². The lowest BCUT2D eigenvalue weighted by Crippen LogP contribution is -2.28. The maximum Gasteiger partial charge on any atom is 0.229 e. The predicted octanol–water partition coefficient (Wildman–Crippen LogP) is 3.18. The highest BCUT2D eigenvalue weighted by molar-refractivity contribution is 6.04. The van der Waals surface area contributed by atoms with E-state index in [0.717, 1.165) is 18.5 Å². The molecule has 2 amide bonds. The highest BCUT2D eigenvalue weighted by atomic mass is 16.5. The van der Waals surface area contributed by atoms with Crippen LogP contribution in [0.1, 0.15) is 24.0 Å². The van der Waals surface area contributed by atoms with Crippen molar-refractivity contribution in [3.8, 4) is 11.5 Å². The van der Waals surface area contributed by atoms with Gasteiger partial charge in [0.05, 0.1) is 25.8 Å². The molecule has 28 heavy (non-hydrogen) atoms. The van der Waals surface area contributed by atoms with Crippen molar-refractivity contribution >= 4 is 23.2 Å². The molecule has 0 aromatic heterocycles. The summed E-state index contributed by atoms with van der Waals surface area (Å²) in [5, 5.41) is 2.98. The number of amides is 2. The Bertz CT molecular complexity index is 925. The Morgan fingerprint density at radius 1 is 1.07 bits per heavy atom. The monoisotopic (exact) mass is 380 g/mol. The first-order chi connectivity index (χ1) is 13.6. The van der Waals surface area contributed by atoms with Gasteiger partial charge in [-0.15, -0.1) is 0 Å². The Labute approximate surface area is 164 Å². The third-order valence-corrected chi connectivity index (χ3v) is 5.54. The van der Waals surface area contributed by atoms with Gasteiger partial charge in [0, 0.05) is 24.7 Å². The molecule has 2 aliphatic rings. The van der Waals surface area contributed by atoms with Crippen LogP contribution < -0.4 is 19.7 Å². The van der Waals surface area contributed by atoms with E-state index in [1.54, 1.807) is 37.3 Å². The number of methoxy groups -OCH3 is 2. The van der Waals surface area contributed by atoms with Gasteiger partial charge >= 0.3 is 0 Å². The van der Waals surface area contributed by atoms with Crippen LogP contribution in [0, 0.1) is 5.92 Å². The molecule has 1 heterocycles. The molecule has 1 aliphatic carbocycles. The van der Waals surface area contributed by atoms with Gasteiger partial charge < -0.3 is 19.7 Å². The summed E-state index contributed by atoms with van der Waals surface area (Å²) < 4.78 is 10.6. The SMILES string of the molecule is COc1ccc(N2C[C@@H](C(=O)Nc3ccc4c(c3)CCC4)CC2=O)c(OC)c1. The fourth-order valence-corrected chi connectivity index (χ4v) is 4.02. The number of fused-ring (bicyclic) bond motifs is 1. The number of ether oxygens (including phenoxy) is 2. The molecular weight excluding hydrogens is 356 g/mol. The first-order valence-electron chi connectivity index (χ1n) is 9.54. The maximum atomic E-state index is 12.8. The Morgan fingerprint density at radius 2 is 1.89 bits per heavy atom. The first-order valence-corrected chi connectivity index (χ1v) is 9.54. The highest BCUT2D eigenvalue weighted by Gasteiger charge is 2.36. The quantitative estimate of drug-likeness (QED) is 0.865. The van der Waals surface area contributed by atoms with Crippen LogP contribution >= 0.6 is 0 Å². The topological polar surface area (TPSA) is 67.9 Å². The van der Waals surface area contributed by atoms with E-state index in [1.165, 1.54) is 17.5 Å². The zero-order chi connectivity index (χ0) is 19.7. The number of rotatable bonds is 5. The van der Waals surface area contributed by atoms with Crippen molar-refractivity contribution in [3.05, 3.63) is 47.5 Å². The number of hydrogen-bond acceptors (Lipinski definition) is 4. The summed E-state index contributed by atoms with van der Waals surface area (Å²) in [5.74, 6) is 0.594. The van der Waals surface area contributed by atoms with Gasteiger partial charge in [-0.3, -0.25) is 9.59 Å². The summed E-state index contributed by atoms with van der Waals surface area (Å²) in [6, 6.07) is 11.4. The summed E-state index contributed by atoms with van der Waals surface area (Å²) >= 11 is 0. The number of nitrogens with one attached hydrogen (secondary N) is 1. The van der Waals surface area contributed by atoms with Crippen molar-refractivity contribution in [2.75, 3.05) is 31.0 Å². The smallest absolute Gasteiger partial charge is 0.229 e. The van der Waals surface area contributed by atoms with Gasteiger partial charge in [-0.1, -0.05) is 6.07 Å². The second-order valence-electron chi connectivity index (χ2n) is 7.27. The van der Waals surface area contributed by atoms with E-state index in [1.807, 2.05) is 6.07 Å². The van der Waals surface area contributed by atoms with Gasteiger partial charge in [-0.2, -0.15) is 0 Å². The number of carbonyl (C=O) groups is 2. The van der Waals surface area contributed by atoms with Gasteiger partial charge in [-0.25, -0.2) is 0 Å². The van der Waals surface area contributed by atoms with Gasteiger partial charge in [-0.05, 0) is 54.7 Å². The Kier molecular flexibility index (Phi) is 4.94. The summed E-state index contributed by atoms with van der Waals surface area (Å²) in [6.07, 6.45) is 3.53. The highest BCUT2D eigenvalue weighted by Crippen LogP contribution is 2.36. The standard InChI is InChI=1S/C22H24N2O4/c1-27-18-8-9-19(20(12-18)28-2)24-13-16(11-21(24)25)22(26)23-17-7-6-14-4-3-5-15(14)10-17/h6-10,12,16H,3-5,11,13H2,1-2H3,(H,23,26)/t16-/m0/s1. The molecular formula is C22H24N2O4. The van der Waals surface area contributed by atoms with Crippen molar-refractivity contribution in [1.29, 1.82) is 0 Å². The molecule has 146 valence electrons. The van der Waals surface area contributed by atoms with E-state index in [9.17, 15) is 9.59 Å². The van der Waals surface area contributed by atoms with E-state index < -0.39 is 5.92 Å². The number of nitrogens with zero attached hydrogens (tertiary/aromatic N) is 1. The fourth-order valence-electron chi connectivity index (χ4n) is 4.02. The van der Waals surface area contributed by atoms with Crippen molar-refractivity contribution in [2.45, 2.75) is 25.7 Å². The third kappa shape index (κ3) is 3.42. The molecule has 6 nitrogen and oxygen atoms in total. The van der Waals surface area contributed by atoms with Crippen molar-refractivity contribution in [1.82, 2.24) is 0 Å². The van der Waals surface area contributed by atoms with Gasteiger partial charge in [0.15, 0.2) is 0 Å². The van der Waals surface area contributed by atoms with E-state index in [4.69, 9.17) is 9.47 Å². The Morgan fingerprint density at radius 3 is 2.68 bits per heavy atom. The maximum absolute atomic E-state index is 12.8. The van der Waals surface area contributed by atoms with Gasteiger partial charge in [0.25, 0.3) is 0 Å². The number of carbonyl (C=O) groups excluding carboxylic acids is 2. The van der Waals surface area contributed by atoms with Crippen LogP contribution in [-0.2, 0) is 22.4 Å². The molecule has 6 heteroatoms. The Hall–Kier alpha value is -3.02. The van der Waals surface area contributed by atoms with Crippen LogP contribution in [0.15, 0.2) is 36.4 Å². The normalized spacial score (nSPS) is 18.1. The van der Waals surface area contributed by atoms with Crippen LogP contribution in [0.5, 0.6) is 11.5 Å². The minimum Gasteiger partial charge on any atom is -0.497 e. The van der Waals surface area contributed by atoms with E-state index >= 15 is 0 Å². The predicted molar refractivity (Wildman–Crippen MR) is 107 cm³/mol. The zero-order valence-corrected chi connectivity index (χ0v) is 16.2. The zero-order valence-electron chi connectivity index (χ0n) is 16.2. The summed E-state index contributed by atoms with van der Waals surface area (Å²) in [4.78, 5) is 26.9. The molecule has 1 aliphatic heterocycles. The average Bonchev–Trinajstić information content (AvgIpc) is 3.33. The van der Waals surface area contributed by atoms with Crippen LogP contribution in [0.25, 0.3) is 0 Å². The molecule has 1 fully saturated rings. The lowest BCUT2D eigenvalue weighted by Gasteiger charge is -2.20. The Balaban J connectivity index is 1.48. The number of benzene rings is 2. The second-order valence-corrected chi connectivity index (χ2v) is 7.27. The van der Waals surface area contributed by atoms with Crippen molar-refractivity contribution in [3.63, 3.8) is 0 Å². The third-order valence-electron chi connectivity index (χ3n) is 5.54. The van der Waals surface area contributed by atoms with Gasteiger partial charge in [0.2, 0.25) is 11.8 Å². The molecule has 0 radical (unpaired) electrons. The summed E-state index contributed by atoms with van der Waals surface area (Å²) in [6.45, 7) is 0.332. The molecule has 0 unspecified atom stereocenters. The van der Waals surface area contributed by atoms with E-state index in [-0.39, 0.29) is 18.2 Å². The van der Waals surface area contributed by atoms with E-state index in [2.05, 4.69) is 17.4 Å². The van der Waals surface area contributed by atoms with Crippen LogP contribution in [0.3, 0.4) is 0 Å². The molecule has 1 atom stereocenters. The van der Waals surface area contributed by atoms with Crippen LogP contribution in [-0.4, -0.2) is 32.6 Å². The van der Waals surface area contributed by atoms with Crippen molar-refractivity contribution in [2.24, 2.45) is 5.92 Å². The lowest BCUT2D eigenvalue weighted by molar-refractivity contribution is -0.122. The summed E-state index contributed by atoms with van der Waals surface area (Å²) in [5.41, 5.74) is 4.14. The van der Waals surface area contributed by atoms with Gasteiger partial charge in [0.1, 0.15) is 11.5 Å². The molecule has 0 spiro atoms. The second kappa shape index (κ2) is 7.54. The number of hydrogen-bond donors (Lipinski definition) is 1. The minimum atomic E-state index is -0.396. The number of aryl methyl sites for hydroxylation is 2. The van der Waals surface area contributed by atoms with Crippen LogP contribution in [0.4, 0.5) is 11.4 Å². The molecule has 0 bridgehead atoms. The first kappa shape index (κ1) is 18.3. The van der Waals surface area contributed by atoms with Crippen molar-refractivity contribution < 1.29 is 19.1 Å². The fraction of sp³-hybridized carbons (Fsp3) is 0.364. The minimum absolute atomic E-state index is 0.0856. The lowest BCUT2D eigenvalue weighted by atomic mass is 10.1.